The lowest BCUT2D eigenvalue weighted by molar-refractivity contribution is 0.246. The van der Waals surface area contributed by atoms with Gasteiger partial charge in [-0.2, -0.15) is 0 Å². The van der Waals surface area contributed by atoms with Crippen molar-refractivity contribution in [3.63, 3.8) is 0 Å². The van der Waals surface area contributed by atoms with Crippen LogP contribution in [0.3, 0.4) is 0 Å². The van der Waals surface area contributed by atoms with Crippen molar-refractivity contribution in [3.05, 3.63) is 47.6 Å². The van der Waals surface area contributed by atoms with Gasteiger partial charge in [0.15, 0.2) is 5.75 Å². The largest absolute Gasteiger partial charge is 0.493 e. The third kappa shape index (κ3) is 4.33. The summed E-state index contributed by atoms with van der Waals surface area (Å²) in [6.07, 6.45) is 3.54. The number of benzene rings is 1. The molecule has 6 nitrogen and oxygen atoms in total. The monoisotopic (exact) mass is 360 g/mol. The van der Waals surface area contributed by atoms with Gasteiger partial charge in [-0.15, -0.1) is 0 Å². The molecule has 0 saturated carbocycles. The maximum Gasteiger partial charge on any atom is 0.319 e. The van der Waals surface area contributed by atoms with E-state index in [0.717, 1.165) is 31.7 Å². The molecule has 2 heterocycles. The van der Waals surface area contributed by atoms with E-state index in [1.54, 1.807) is 24.4 Å². The molecule has 1 aromatic heterocycles. The number of methoxy groups -OCH3 is 1. The maximum absolute atomic E-state index is 12.3. The van der Waals surface area contributed by atoms with E-state index in [4.69, 9.17) is 16.3 Å². The third-order valence-electron chi connectivity index (χ3n) is 4.22. The van der Waals surface area contributed by atoms with Crippen LogP contribution >= 0.6 is 11.6 Å². The first-order valence-corrected chi connectivity index (χ1v) is 8.61. The van der Waals surface area contributed by atoms with E-state index in [-0.39, 0.29) is 12.1 Å². The number of aromatic nitrogens is 1. The zero-order valence-corrected chi connectivity index (χ0v) is 14.8. The predicted octanol–water partition coefficient (Wildman–Crippen LogP) is 3.53. The molecule has 0 aliphatic carbocycles. The van der Waals surface area contributed by atoms with Gasteiger partial charge in [-0.1, -0.05) is 23.7 Å². The number of carbonyl (C=O) groups is 1. The lowest BCUT2D eigenvalue weighted by atomic mass is 10.1. The van der Waals surface area contributed by atoms with Gasteiger partial charge in [0.1, 0.15) is 5.82 Å². The predicted molar refractivity (Wildman–Crippen MR) is 99.6 cm³/mol. The molecule has 1 aromatic carbocycles. The van der Waals surface area contributed by atoms with Crippen LogP contribution in [-0.2, 0) is 0 Å². The fourth-order valence-corrected chi connectivity index (χ4v) is 3.20. The normalized spacial score (nSPS) is 14.9. The molecule has 0 radical (unpaired) electrons. The molecule has 1 fully saturated rings. The average Bonchev–Trinajstić information content (AvgIpc) is 2.63. The summed E-state index contributed by atoms with van der Waals surface area (Å²) in [5, 5.41) is 6.28. The Hall–Kier alpha value is -2.47. The highest BCUT2D eigenvalue weighted by atomic mass is 35.5. The number of pyridine rings is 1. The van der Waals surface area contributed by atoms with Gasteiger partial charge in [-0.05, 0) is 37.1 Å². The fourth-order valence-electron chi connectivity index (χ4n) is 2.95. The number of hydrogen-bond donors (Lipinski definition) is 2. The molecule has 0 atom stereocenters. The van der Waals surface area contributed by atoms with Gasteiger partial charge in [0.05, 0.1) is 17.8 Å². The van der Waals surface area contributed by atoms with Gasteiger partial charge in [-0.3, -0.25) is 0 Å². The smallest absolute Gasteiger partial charge is 0.319 e. The van der Waals surface area contributed by atoms with E-state index in [0.29, 0.717) is 16.5 Å². The number of amides is 2. The molecule has 132 valence electrons. The van der Waals surface area contributed by atoms with Crippen molar-refractivity contribution in [2.24, 2.45) is 0 Å². The van der Waals surface area contributed by atoms with Gasteiger partial charge in [0.25, 0.3) is 0 Å². The molecule has 1 aliphatic rings. The summed E-state index contributed by atoms with van der Waals surface area (Å²) >= 11 is 6.07. The van der Waals surface area contributed by atoms with E-state index in [9.17, 15) is 4.79 Å². The first-order chi connectivity index (χ1) is 12.2. The summed E-state index contributed by atoms with van der Waals surface area (Å²) in [5.41, 5.74) is 0.554. The Labute approximate surface area is 152 Å². The fraction of sp³-hybridized carbons (Fsp3) is 0.333. The van der Waals surface area contributed by atoms with Crippen molar-refractivity contribution >= 4 is 29.1 Å². The molecule has 1 saturated heterocycles. The number of nitrogens with one attached hydrogen (secondary N) is 2. The standard InChI is InChI=1S/C18H21ClN4O2/c1-25-17-14(19)5-4-6-15(17)22-18(24)21-13-8-11-23(12-9-13)16-7-2-3-10-20-16/h2-7,10,13H,8-9,11-12H2,1H3,(H2,21,22,24). The second-order valence-corrected chi connectivity index (χ2v) is 6.28. The van der Waals surface area contributed by atoms with Crippen molar-refractivity contribution in [2.75, 3.05) is 30.4 Å². The van der Waals surface area contributed by atoms with E-state index in [1.807, 2.05) is 18.2 Å². The van der Waals surface area contributed by atoms with Crippen LogP contribution in [0.4, 0.5) is 16.3 Å². The Kier molecular flexibility index (Phi) is 5.60. The molecular formula is C18H21ClN4O2. The lowest BCUT2D eigenvalue weighted by Crippen LogP contribution is -2.46. The Morgan fingerprint density at radius 1 is 1.24 bits per heavy atom. The van der Waals surface area contributed by atoms with Crippen LogP contribution in [0.25, 0.3) is 0 Å². The van der Waals surface area contributed by atoms with Crippen LogP contribution in [-0.4, -0.2) is 37.3 Å². The summed E-state index contributed by atoms with van der Waals surface area (Å²) in [4.78, 5) is 18.9. The van der Waals surface area contributed by atoms with Crippen LogP contribution in [0.2, 0.25) is 5.02 Å². The zero-order chi connectivity index (χ0) is 17.6. The minimum absolute atomic E-state index is 0.130. The highest BCUT2D eigenvalue weighted by Crippen LogP contribution is 2.32. The number of nitrogens with zero attached hydrogens (tertiary/aromatic N) is 2. The molecule has 7 heteroatoms. The number of urea groups is 1. The van der Waals surface area contributed by atoms with Crippen LogP contribution in [0.15, 0.2) is 42.6 Å². The number of carbonyl (C=O) groups excluding carboxylic acids is 1. The number of halogens is 1. The van der Waals surface area contributed by atoms with Crippen molar-refractivity contribution in [3.8, 4) is 5.75 Å². The quantitative estimate of drug-likeness (QED) is 0.875. The Morgan fingerprint density at radius 3 is 2.72 bits per heavy atom. The van der Waals surface area contributed by atoms with Gasteiger partial charge in [0.2, 0.25) is 0 Å². The molecule has 0 bridgehead atoms. The van der Waals surface area contributed by atoms with Crippen LogP contribution in [0.5, 0.6) is 5.75 Å². The number of hydrogen-bond acceptors (Lipinski definition) is 4. The molecule has 0 unspecified atom stereocenters. The number of rotatable bonds is 4. The summed E-state index contributed by atoms with van der Waals surface area (Å²) < 4.78 is 5.24. The molecular weight excluding hydrogens is 340 g/mol. The number of ether oxygens (including phenoxy) is 1. The molecule has 2 aromatic rings. The minimum Gasteiger partial charge on any atom is -0.493 e. The van der Waals surface area contributed by atoms with Crippen LogP contribution in [0.1, 0.15) is 12.8 Å². The van der Waals surface area contributed by atoms with Gasteiger partial charge < -0.3 is 20.3 Å². The first kappa shape index (κ1) is 17.4. The summed E-state index contributed by atoms with van der Waals surface area (Å²) in [5.74, 6) is 1.44. The molecule has 1 aliphatic heterocycles. The van der Waals surface area contributed by atoms with Gasteiger partial charge in [0, 0.05) is 25.3 Å². The highest BCUT2D eigenvalue weighted by Gasteiger charge is 2.22. The van der Waals surface area contributed by atoms with Crippen molar-refractivity contribution in [1.29, 1.82) is 0 Å². The third-order valence-corrected chi connectivity index (χ3v) is 4.52. The van der Waals surface area contributed by atoms with Crippen molar-refractivity contribution in [1.82, 2.24) is 10.3 Å². The SMILES string of the molecule is COc1c(Cl)cccc1NC(=O)NC1CCN(c2ccccn2)CC1. The lowest BCUT2D eigenvalue weighted by Gasteiger charge is -2.33. The zero-order valence-electron chi connectivity index (χ0n) is 14.0. The molecule has 25 heavy (non-hydrogen) atoms. The Balaban J connectivity index is 1.52. The molecule has 2 N–H and O–H groups in total. The Bertz CT molecular complexity index is 718. The average molecular weight is 361 g/mol. The second-order valence-electron chi connectivity index (χ2n) is 5.87. The minimum atomic E-state index is -0.253. The number of anilines is 2. The van der Waals surface area contributed by atoms with Gasteiger partial charge in [-0.25, -0.2) is 9.78 Å². The van der Waals surface area contributed by atoms with E-state index < -0.39 is 0 Å². The van der Waals surface area contributed by atoms with Crippen LogP contribution in [0, 0.1) is 0 Å². The van der Waals surface area contributed by atoms with E-state index >= 15 is 0 Å². The topological polar surface area (TPSA) is 66.5 Å². The molecule has 3 rings (SSSR count). The Morgan fingerprint density at radius 2 is 2.04 bits per heavy atom. The van der Waals surface area contributed by atoms with Crippen molar-refractivity contribution < 1.29 is 9.53 Å². The van der Waals surface area contributed by atoms with E-state index in [1.165, 1.54) is 7.11 Å². The maximum atomic E-state index is 12.3. The van der Waals surface area contributed by atoms with Crippen LogP contribution < -0.4 is 20.3 Å². The molecule has 0 spiro atoms. The number of para-hydroxylation sites is 1. The summed E-state index contributed by atoms with van der Waals surface area (Å²) in [6, 6.07) is 11.0. The molecule has 2 amide bonds. The van der Waals surface area contributed by atoms with E-state index in [2.05, 4.69) is 20.5 Å². The summed E-state index contributed by atoms with van der Waals surface area (Å²) in [7, 11) is 1.53. The second kappa shape index (κ2) is 8.07. The number of piperidine rings is 1. The highest BCUT2D eigenvalue weighted by molar-refractivity contribution is 6.32. The summed E-state index contributed by atoms with van der Waals surface area (Å²) in [6.45, 7) is 1.73. The van der Waals surface area contributed by atoms with Gasteiger partial charge >= 0.3 is 6.03 Å². The first-order valence-electron chi connectivity index (χ1n) is 8.23. The van der Waals surface area contributed by atoms with Crippen molar-refractivity contribution in [2.45, 2.75) is 18.9 Å².